The Kier molecular flexibility index (Phi) is 10.7. The van der Waals surface area contributed by atoms with Crippen molar-refractivity contribution < 1.29 is 24.5 Å². The summed E-state index contributed by atoms with van der Waals surface area (Å²) in [6.07, 6.45) is 11.7. The third-order valence-corrected chi connectivity index (χ3v) is 7.60. The number of aliphatic carboxylic acids is 1. The van der Waals surface area contributed by atoms with Crippen molar-refractivity contribution in [1.82, 2.24) is 4.90 Å². The topological polar surface area (TPSA) is 79.2 Å². The van der Waals surface area contributed by atoms with E-state index in [1.165, 1.54) is 25.7 Å². The third-order valence-electron chi connectivity index (χ3n) is 7.60. The highest BCUT2D eigenvalue weighted by Gasteiger charge is 2.40. The maximum Gasteiger partial charge on any atom is 0.303 e. The van der Waals surface area contributed by atoms with Gasteiger partial charge < -0.3 is 19.7 Å². The predicted molar refractivity (Wildman–Crippen MR) is 145 cm³/mol. The van der Waals surface area contributed by atoms with Gasteiger partial charge in [0.1, 0.15) is 0 Å². The van der Waals surface area contributed by atoms with Crippen LogP contribution < -0.4 is 0 Å². The van der Waals surface area contributed by atoms with E-state index in [1.807, 2.05) is 36.4 Å². The van der Waals surface area contributed by atoms with Crippen LogP contribution >= 0.6 is 0 Å². The number of hydrogen-bond acceptors (Lipinski definition) is 5. The van der Waals surface area contributed by atoms with Crippen LogP contribution in [0.1, 0.15) is 62.5 Å². The lowest BCUT2D eigenvalue weighted by molar-refractivity contribution is -0.136. The largest absolute Gasteiger partial charge is 0.481 e. The van der Waals surface area contributed by atoms with E-state index < -0.39 is 5.97 Å². The van der Waals surface area contributed by atoms with Gasteiger partial charge >= 0.3 is 5.97 Å². The van der Waals surface area contributed by atoms with Gasteiger partial charge in [0.15, 0.2) is 0 Å². The molecule has 1 saturated carbocycles. The van der Waals surface area contributed by atoms with Crippen LogP contribution in [0.25, 0.3) is 11.1 Å². The molecule has 37 heavy (non-hydrogen) atoms. The Morgan fingerprint density at radius 3 is 2.43 bits per heavy atom. The summed E-state index contributed by atoms with van der Waals surface area (Å²) in [7, 11) is 0. The van der Waals surface area contributed by atoms with Gasteiger partial charge in [0.25, 0.3) is 0 Å². The minimum atomic E-state index is -0.776. The van der Waals surface area contributed by atoms with Gasteiger partial charge in [0.05, 0.1) is 32.0 Å². The van der Waals surface area contributed by atoms with Crippen molar-refractivity contribution in [2.45, 2.75) is 82.8 Å². The zero-order chi connectivity index (χ0) is 25.9. The van der Waals surface area contributed by atoms with Crippen LogP contribution in [0, 0.1) is 0 Å². The molecule has 2 N–H and O–H groups in total. The van der Waals surface area contributed by atoms with Gasteiger partial charge in [-0.25, -0.2) is 0 Å². The van der Waals surface area contributed by atoms with Crippen molar-refractivity contribution in [1.29, 1.82) is 0 Å². The van der Waals surface area contributed by atoms with E-state index in [0.29, 0.717) is 25.7 Å². The molecule has 0 aromatic heterocycles. The minimum absolute atomic E-state index is 0.0120. The number of aliphatic hydroxyl groups is 1. The molecule has 6 heteroatoms. The van der Waals surface area contributed by atoms with Crippen molar-refractivity contribution in [3.05, 3.63) is 71.8 Å². The highest BCUT2D eigenvalue weighted by molar-refractivity contribution is 5.67. The fraction of sp³-hybridized carbons (Fsp3) is 0.516. The molecule has 1 aliphatic carbocycles. The Morgan fingerprint density at radius 1 is 0.946 bits per heavy atom. The van der Waals surface area contributed by atoms with Crippen molar-refractivity contribution in [3.63, 3.8) is 0 Å². The van der Waals surface area contributed by atoms with Crippen LogP contribution in [0.15, 0.2) is 60.7 Å². The average Bonchev–Trinajstić information content (AvgIpc) is 3.12. The number of carboxylic acids is 1. The number of aliphatic hydroxyl groups excluding tert-OH is 1. The summed E-state index contributed by atoms with van der Waals surface area (Å²) >= 11 is 0. The Hall–Kier alpha value is -2.51. The predicted octanol–water partition coefficient (Wildman–Crippen LogP) is 5.58. The first kappa shape index (κ1) is 27.5. The number of rotatable bonds is 12. The molecule has 2 aromatic rings. The maximum atomic E-state index is 10.7. The summed E-state index contributed by atoms with van der Waals surface area (Å²) in [5.41, 5.74) is 4.19. The lowest BCUT2D eigenvalue weighted by atomic mass is 9.99. The van der Waals surface area contributed by atoms with E-state index in [0.717, 1.165) is 48.2 Å². The van der Waals surface area contributed by atoms with Crippen molar-refractivity contribution in [2.75, 3.05) is 19.7 Å². The van der Waals surface area contributed by atoms with E-state index in [9.17, 15) is 9.90 Å². The second kappa shape index (κ2) is 14.4. The molecular formula is C31H41NO5. The monoisotopic (exact) mass is 507 g/mol. The van der Waals surface area contributed by atoms with Crippen molar-refractivity contribution in [3.8, 4) is 11.1 Å². The Morgan fingerprint density at radius 2 is 1.70 bits per heavy atom. The standard InChI is InChI=1S/C31H41NO5/c33-22-26-10-5-6-11-27(26)25-15-13-24(14-16-25)23-37-29-18-17-28(32-19-7-1-2-8-20-32)31(29)36-21-9-3-4-12-30(34)35/h3,5-6,9-11,13-16,28-29,31,33H,1-2,4,7-8,12,17-23H2,(H,34,35)/b9-3-/t28-,29+,31+/m0/s1. The molecule has 0 unspecified atom stereocenters. The first-order valence-electron chi connectivity index (χ1n) is 13.8. The van der Waals surface area contributed by atoms with Crippen LogP contribution in [-0.4, -0.2) is 59.0 Å². The molecule has 2 fully saturated rings. The molecule has 6 nitrogen and oxygen atoms in total. The first-order valence-corrected chi connectivity index (χ1v) is 13.8. The third kappa shape index (κ3) is 7.99. The van der Waals surface area contributed by atoms with E-state index in [-0.39, 0.29) is 25.2 Å². The highest BCUT2D eigenvalue weighted by Crippen LogP contribution is 2.32. The molecule has 200 valence electrons. The van der Waals surface area contributed by atoms with Crippen LogP contribution in [0.5, 0.6) is 0 Å². The lowest BCUT2D eigenvalue weighted by Gasteiger charge is -2.33. The van der Waals surface area contributed by atoms with Crippen molar-refractivity contribution in [2.24, 2.45) is 0 Å². The van der Waals surface area contributed by atoms with Crippen LogP contribution in [0.2, 0.25) is 0 Å². The van der Waals surface area contributed by atoms with Gasteiger partial charge in [-0.1, -0.05) is 73.5 Å². The van der Waals surface area contributed by atoms with Crippen LogP contribution in [0.3, 0.4) is 0 Å². The van der Waals surface area contributed by atoms with E-state index in [2.05, 4.69) is 29.2 Å². The normalized spacial score (nSPS) is 22.9. The zero-order valence-corrected chi connectivity index (χ0v) is 21.8. The van der Waals surface area contributed by atoms with Gasteiger partial charge in [-0.3, -0.25) is 9.69 Å². The summed E-state index contributed by atoms with van der Waals surface area (Å²) in [5.74, 6) is -0.776. The fourth-order valence-electron chi connectivity index (χ4n) is 5.61. The maximum absolute atomic E-state index is 10.7. The molecule has 0 amide bonds. The van der Waals surface area contributed by atoms with Crippen molar-refractivity contribution >= 4 is 5.97 Å². The average molecular weight is 508 g/mol. The van der Waals surface area contributed by atoms with Gasteiger partial charge in [0, 0.05) is 12.5 Å². The van der Waals surface area contributed by atoms with Gasteiger partial charge in [0.2, 0.25) is 0 Å². The second-order valence-corrected chi connectivity index (χ2v) is 10.2. The SMILES string of the molecule is O=C(O)CC/C=C\CO[C@H]1[C@H](OCc2ccc(-c3ccccc3CO)cc2)CC[C@@H]1N1CCCCCC1. The number of carboxylic acid groups (broad SMARTS) is 1. The molecule has 1 heterocycles. The molecule has 3 atom stereocenters. The molecule has 2 aromatic carbocycles. The number of benzene rings is 2. The van der Waals surface area contributed by atoms with Gasteiger partial charge in [-0.05, 0) is 67.4 Å². The van der Waals surface area contributed by atoms with Crippen LogP contribution in [-0.2, 0) is 27.5 Å². The van der Waals surface area contributed by atoms with Crippen LogP contribution in [0.4, 0.5) is 0 Å². The molecule has 0 spiro atoms. The summed E-state index contributed by atoms with van der Waals surface area (Å²) in [6.45, 7) is 3.29. The molecule has 4 rings (SSSR count). The molecular weight excluding hydrogens is 466 g/mol. The smallest absolute Gasteiger partial charge is 0.303 e. The fourth-order valence-corrected chi connectivity index (χ4v) is 5.61. The number of likely N-dealkylation sites (tertiary alicyclic amines) is 1. The number of hydrogen-bond donors (Lipinski definition) is 2. The Labute approximate surface area is 220 Å². The minimum Gasteiger partial charge on any atom is -0.481 e. The summed E-state index contributed by atoms with van der Waals surface area (Å²) < 4.78 is 12.9. The second-order valence-electron chi connectivity index (χ2n) is 10.2. The van der Waals surface area contributed by atoms with E-state index >= 15 is 0 Å². The quantitative estimate of drug-likeness (QED) is 0.366. The number of carbonyl (C=O) groups is 1. The summed E-state index contributed by atoms with van der Waals surface area (Å²) in [6, 6.07) is 16.7. The van der Waals surface area contributed by atoms with Gasteiger partial charge in [-0.15, -0.1) is 0 Å². The Bertz CT molecular complexity index is 997. The van der Waals surface area contributed by atoms with E-state index in [4.69, 9.17) is 14.6 Å². The lowest BCUT2D eigenvalue weighted by Crippen LogP contribution is -2.45. The molecule has 1 aliphatic heterocycles. The molecule has 0 radical (unpaired) electrons. The number of allylic oxidation sites excluding steroid dienone is 1. The summed E-state index contributed by atoms with van der Waals surface area (Å²) in [4.78, 5) is 13.4. The number of nitrogens with zero attached hydrogens (tertiary/aromatic N) is 1. The molecule has 0 bridgehead atoms. The molecule has 1 saturated heterocycles. The summed E-state index contributed by atoms with van der Waals surface area (Å²) in [5, 5.41) is 18.5. The number of ether oxygens (including phenoxy) is 2. The first-order chi connectivity index (χ1) is 18.2. The Balaban J connectivity index is 1.37. The van der Waals surface area contributed by atoms with E-state index in [1.54, 1.807) is 0 Å². The molecule has 2 aliphatic rings. The zero-order valence-electron chi connectivity index (χ0n) is 21.8. The van der Waals surface area contributed by atoms with Gasteiger partial charge in [-0.2, -0.15) is 0 Å². The highest BCUT2D eigenvalue weighted by atomic mass is 16.5.